The van der Waals surface area contributed by atoms with E-state index in [1.54, 1.807) is 0 Å². The molecular weight excluding hydrogens is 210 g/mol. The monoisotopic (exact) mass is 219 g/mol. The van der Waals surface area contributed by atoms with E-state index in [1.165, 1.54) is 6.26 Å². The molecule has 0 aliphatic carbocycles. The number of benzene rings is 1. The summed E-state index contributed by atoms with van der Waals surface area (Å²) in [7, 11) is 0. The van der Waals surface area contributed by atoms with Crippen molar-refractivity contribution in [1.29, 1.82) is 0 Å². The summed E-state index contributed by atoms with van der Waals surface area (Å²) in [5, 5.41) is 17.8. The lowest BCUT2D eigenvalue weighted by Crippen LogP contribution is -2.10. The SMILES string of the molecule is O=C(O)C(O)c1nc(-c2ccccc2)co1. The summed E-state index contributed by atoms with van der Waals surface area (Å²) in [6.45, 7) is 0. The molecule has 0 spiro atoms. The molecule has 2 N–H and O–H groups in total. The Morgan fingerprint density at radius 1 is 1.31 bits per heavy atom. The Bertz CT molecular complexity index is 492. The van der Waals surface area contributed by atoms with Crippen LogP contribution in [0.4, 0.5) is 0 Å². The van der Waals surface area contributed by atoms with E-state index in [9.17, 15) is 9.90 Å². The summed E-state index contributed by atoms with van der Waals surface area (Å²) in [5.41, 5.74) is 1.30. The van der Waals surface area contributed by atoms with Crippen molar-refractivity contribution in [3.05, 3.63) is 42.5 Å². The van der Waals surface area contributed by atoms with Crippen LogP contribution in [0.3, 0.4) is 0 Å². The van der Waals surface area contributed by atoms with Crippen molar-refractivity contribution in [3.63, 3.8) is 0 Å². The van der Waals surface area contributed by atoms with Gasteiger partial charge in [0.15, 0.2) is 0 Å². The lowest BCUT2D eigenvalue weighted by Gasteiger charge is -1.97. The topological polar surface area (TPSA) is 83.6 Å². The predicted octanol–water partition coefficient (Wildman–Crippen LogP) is 1.46. The van der Waals surface area contributed by atoms with Gasteiger partial charge in [-0.25, -0.2) is 9.78 Å². The summed E-state index contributed by atoms with van der Waals surface area (Å²) in [6.07, 6.45) is -0.408. The summed E-state index contributed by atoms with van der Waals surface area (Å²) in [6, 6.07) is 9.15. The molecule has 0 fully saturated rings. The average Bonchev–Trinajstić information content (AvgIpc) is 2.78. The van der Waals surface area contributed by atoms with Crippen LogP contribution in [0.15, 0.2) is 41.0 Å². The van der Waals surface area contributed by atoms with Crippen molar-refractivity contribution >= 4 is 5.97 Å². The minimum atomic E-state index is -1.72. The smallest absolute Gasteiger partial charge is 0.342 e. The van der Waals surface area contributed by atoms with Crippen LogP contribution in [-0.4, -0.2) is 21.2 Å². The highest BCUT2D eigenvalue weighted by Gasteiger charge is 2.21. The number of carboxylic acids is 1. The van der Waals surface area contributed by atoms with E-state index < -0.39 is 12.1 Å². The Labute approximate surface area is 91.0 Å². The number of rotatable bonds is 3. The molecule has 0 saturated carbocycles. The number of aliphatic carboxylic acids is 1. The number of aliphatic hydroxyl groups excluding tert-OH is 1. The molecule has 16 heavy (non-hydrogen) atoms. The third-order valence-corrected chi connectivity index (χ3v) is 2.06. The van der Waals surface area contributed by atoms with Crippen LogP contribution in [0.25, 0.3) is 11.3 Å². The molecule has 0 amide bonds. The first-order valence-corrected chi connectivity index (χ1v) is 4.60. The van der Waals surface area contributed by atoms with Crippen molar-refractivity contribution < 1.29 is 19.4 Å². The number of nitrogens with zero attached hydrogens (tertiary/aromatic N) is 1. The van der Waals surface area contributed by atoms with Crippen molar-refractivity contribution in [1.82, 2.24) is 4.98 Å². The van der Waals surface area contributed by atoms with Gasteiger partial charge in [0, 0.05) is 5.56 Å². The number of aliphatic hydroxyl groups is 1. The van der Waals surface area contributed by atoms with Crippen molar-refractivity contribution in [3.8, 4) is 11.3 Å². The highest BCUT2D eigenvalue weighted by Crippen LogP contribution is 2.21. The molecule has 2 aromatic rings. The van der Waals surface area contributed by atoms with Crippen molar-refractivity contribution in [2.45, 2.75) is 6.10 Å². The van der Waals surface area contributed by atoms with Crippen LogP contribution in [-0.2, 0) is 4.79 Å². The minimum absolute atomic E-state index is 0.216. The number of carboxylic acid groups (broad SMARTS) is 1. The third-order valence-electron chi connectivity index (χ3n) is 2.06. The van der Waals surface area contributed by atoms with Crippen LogP contribution in [0.5, 0.6) is 0 Å². The molecule has 0 saturated heterocycles. The Balaban J connectivity index is 2.30. The lowest BCUT2D eigenvalue weighted by molar-refractivity contribution is -0.148. The van der Waals surface area contributed by atoms with Crippen LogP contribution in [0.1, 0.15) is 12.0 Å². The van der Waals surface area contributed by atoms with Crippen LogP contribution < -0.4 is 0 Å². The molecule has 0 aliphatic heterocycles. The Kier molecular flexibility index (Phi) is 2.70. The molecule has 5 heteroatoms. The zero-order chi connectivity index (χ0) is 11.5. The molecule has 82 valence electrons. The molecule has 1 unspecified atom stereocenters. The average molecular weight is 219 g/mol. The van der Waals surface area contributed by atoms with E-state index in [4.69, 9.17) is 9.52 Å². The lowest BCUT2D eigenvalue weighted by atomic mass is 10.2. The largest absolute Gasteiger partial charge is 0.479 e. The first-order valence-electron chi connectivity index (χ1n) is 4.60. The molecule has 0 bridgehead atoms. The van der Waals surface area contributed by atoms with E-state index in [-0.39, 0.29) is 5.89 Å². The van der Waals surface area contributed by atoms with Gasteiger partial charge in [-0.05, 0) is 0 Å². The van der Waals surface area contributed by atoms with E-state index in [0.717, 1.165) is 5.56 Å². The fourth-order valence-electron chi connectivity index (χ4n) is 1.26. The molecule has 1 aromatic heterocycles. The molecule has 0 aliphatic rings. The maximum atomic E-state index is 10.5. The van der Waals surface area contributed by atoms with Gasteiger partial charge in [-0.3, -0.25) is 0 Å². The maximum absolute atomic E-state index is 10.5. The molecule has 5 nitrogen and oxygen atoms in total. The van der Waals surface area contributed by atoms with E-state index >= 15 is 0 Å². The summed E-state index contributed by atoms with van der Waals surface area (Å²) < 4.78 is 4.90. The predicted molar refractivity (Wildman–Crippen MR) is 54.5 cm³/mol. The minimum Gasteiger partial charge on any atom is -0.479 e. The maximum Gasteiger partial charge on any atom is 0.342 e. The van der Waals surface area contributed by atoms with E-state index in [2.05, 4.69) is 4.98 Å². The molecule has 2 rings (SSSR count). The van der Waals surface area contributed by atoms with Crippen LogP contribution in [0, 0.1) is 0 Å². The molecule has 1 aromatic carbocycles. The van der Waals surface area contributed by atoms with Crippen LogP contribution in [0.2, 0.25) is 0 Å². The fraction of sp³-hybridized carbons (Fsp3) is 0.0909. The van der Waals surface area contributed by atoms with Crippen LogP contribution >= 0.6 is 0 Å². The molecular formula is C11H9NO4. The van der Waals surface area contributed by atoms with E-state index in [0.29, 0.717) is 5.69 Å². The number of hydrogen-bond acceptors (Lipinski definition) is 4. The highest BCUT2D eigenvalue weighted by molar-refractivity contribution is 5.72. The third kappa shape index (κ3) is 1.94. The number of aromatic nitrogens is 1. The number of oxazole rings is 1. The molecule has 1 atom stereocenters. The first-order chi connectivity index (χ1) is 7.68. The second kappa shape index (κ2) is 4.16. The van der Waals surface area contributed by atoms with Gasteiger partial charge in [0.25, 0.3) is 0 Å². The van der Waals surface area contributed by atoms with Gasteiger partial charge in [-0.15, -0.1) is 0 Å². The summed E-state index contributed by atoms with van der Waals surface area (Å²) in [4.78, 5) is 14.4. The second-order valence-corrected chi connectivity index (χ2v) is 3.18. The normalized spacial score (nSPS) is 12.3. The number of hydrogen-bond donors (Lipinski definition) is 2. The molecule has 0 radical (unpaired) electrons. The van der Waals surface area contributed by atoms with Gasteiger partial charge in [0.05, 0.1) is 0 Å². The van der Waals surface area contributed by atoms with Gasteiger partial charge >= 0.3 is 5.97 Å². The van der Waals surface area contributed by atoms with Gasteiger partial charge in [0.2, 0.25) is 12.0 Å². The molecule has 1 heterocycles. The first kappa shape index (κ1) is 10.4. The van der Waals surface area contributed by atoms with Gasteiger partial charge in [0.1, 0.15) is 12.0 Å². The standard InChI is InChI=1S/C11H9NO4/c13-9(11(14)15)10-12-8(6-16-10)7-4-2-1-3-5-7/h1-6,9,13H,(H,14,15). The van der Waals surface area contributed by atoms with Gasteiger partial charge < -0.3 is 14.6 Å². The summed E-state index contributed by atoms with van der Waals surface area (Å²) in [5.74, 6) is -1.60. The number of carbonyl (C=O) groups is 1. The fourth-order valence-corrected chi connectivity index (χ4v) is 1.26. The summed E-state index contributed by atoms with van der Waals surface area (Å²) >= 11 is 0. The Morgan fingerprint density at radius 2 is 2.00 bits per heavy atom. The van der Waals surface area contributed by atoms with Gasteiger partial charge in [-0.1, -0.05) is 30.3 Å². The zero-order valence-electron chi connectivity index (χ0n) is 8.20. The van der Waals surface area contributed by atoms with Crippen molar-refractivity contribution in [2.75, 3.05) is 0 Å². The van der Waals surface area contributed by atoms with Crippen molar-refractivity contribution in [2.24, 2.45) is 0 Å². The second-order valence-electron chi connectivity index (χ2n) is 3.18. The Hall–Kier alpha value is -2.14. The zero-order valence-corrected chi connectivity index (χ0v) is 8.20. The quantitative estimate of drug-likeness (QED) is 0.816. The highest BCUT2D eigenvalue weighted by atomic mass is 16.4. The van der Waals surface area contributed by atoms with Gasteiger partial charge in [-0.2, -0.15) is 0 Å². The Morgan fingerprint density at radius 3 is 2.62 bits per heavy atom. The van der Waals surface area contributed by atoms with E-state index in [1.807, 2.05) is 30.3 Å².